The van der Waals surface area contributed by atoms with Crippen molar-refractivity contribution in [3.63, 3.8) is 0 Å². The molecular formula is C25H31NO3. The summed E-state index contributed by atoms with van der Waals surface area (Å²) in [5, 5.41) is 10.1. The maximum atomic E-state index is 11.5. The first kappa shape index (κ1) is 21.3. The number of rotatable bonds is 8. The number of hydrogen-bond acceptors (Lipinski definition) is 4. The van der Waals surface area contributed by atoms with E-state index in [4.69, 9.17) is 4.74 Å². The summed E-state index contributed by atoms with van der Waals surface area (Å²) in [7, 11) is 1.97. The van der Waals surface area contributed by atoms with Gasteiger partial charge in [-0.05, 0) is 61.1 Å². The Morgan fingerprint density at radius 3 is 2.28 bits per heavy atom. The van der Waals surface area contributed by atoms with Gasteiger partial charge in [-0.25, -0.2) is 0 Å². The zero-order valence-corrected chi connectivity index (χ0v) is 17.4. The Kier molecular flexibility index (Phi) is 7.62. The lowest BCUT2D eigenvalue weighted by atomic mass is 9.93. The van der Waals surface area contributed by atoms with Gasteiger partial charge in [-0.15, -0.1) is 0 Å². The fraction of sp³-hybridized carbons (Fsp3) is 0.400. The van der Waals surface area contributed by atoms with Crippen LogP contribution < -0.4 is 0 Å². The summed E-state index contributed by atoms with van der Waals surface area (Å²) in [5.74, 6) is -0.345. The molecule has 0 saturated carbocycles. The molecule has 0 spiro atoms. The van der Waals surface area contributed by atoms with Crippen molar-refractivity contribution in [2.75, 3.05) is 26.7 Å². The van der Waals surface area contributed by atoms with Gasteiger partial charge in [0.2, 0.25) is 0 Å². The third kappa shape index (κ3) is 5.78. The highest BCUT2D eigenvalue weighted by Crippen LogP contribution is 2.33. The maximum Gasteiger partial charge on any atom is 0.308 e. The predicted molar refractivity (Wildman–Crippen MR) is 117 cm³/mol. The standard InChI is InChI=1S/C25H31NO3/c1-3-29-25(28)17-21(27)18-26(2)16-8-13-24-22-11-6-4-9-19(22)14-15-20-10-5-7-12-23(20)24/h4-7,9-13,21,27H,3,8,14-18H2,1-2H3. The monoisotopic (exact) mass is 393 g/mol. The third-order valence-electron chi connectivity index (χ3n) is 5.37. The number of aryl methyl sites for hydroxylation is 2. The second kappa shape index (κ2) is 10.4. The average molecular weight is 394 g/mol. The molecule has 1 atom stereocenters. The molecule has 1 unspecified atom stereocenters. The van der Waals surface area contributed by atoms with Crippen molar-refractivity contribution in [2.24, 2.45) is 0 Å². The number of esters is 1. The van der Waals surface area contributed by atoms with Crippen molar-refractivity contribution in [1.29, 1.82) is 0 Å². The van der Waals surface area contributed by atoms with Crippen molar-refractivity contribution in [1.82, 2.24) is 4.90 Å². The number of aliphatic hydroxyl groups is 1. The number of carbonyl (C=O) groups is 1. The third-order valence-corrected chi connectivity index (χ3v) is 5.37. The fourth-order valence-corrected chi connectivity index (χ4v) is 3.99. The van der Waals surface area contributed by atoms with Crippen LogP contribution in [0.3, 0.4) is 0 Å². The highest BCUT2D eigenvalue weighted by atomic mass is 16.5. The number of fused-ring (bicyclic) bond motifs is 2. The van der Waals surface area contributed by atoms with Gasteiger partial charge in [-0.3, -0.25) is 4.79 Å². The largest absolute Gasteiger partial charge is 0.466 e. The smallest absolute Gasteiger partial charge is 0.308 e. The minimum Gasteiger partial charge on any atom is -0.466 e. The lowest BCUT2D eigenvalue weighted by Gasteiger charge is -2.20. The Morgan fingerprint density at radius 2 is 1.69 bits per heavy atom. The lowest BCUT2D eigenvalue weighted by Crippen LogP contribution is -2.31. The van der Waals surface area contributed by atoms with Gasteiger partial charge < -0.3 is 14.7 Å². The highest BCUT2D eigenvalue weighted by molar-refractivity contribution is 5.83. The molecule has 0 heterocycles. The first-order valence-corrected chi connectivity index (χ1v) is 10.5. The van der Waals surface area contributed by atoms with Crippen LogP contribution in [0.4, 0.5) is 0 Å². The average Bonchev–Trinajstić information content (AvgIpc) is 2.85. The molecule has 4 nitrogen and oxygen atoms in total. The Balaban J connectivity index is 1.68. The Labute approximate surface area is 173 Å². The summed E-state index contributed by atoms with van der Waals surface area (Å²) in [6.07, 6.45) is 4.65. The molecule has 0 bridgehead atoms. The summed E-state index contributed by atoms with van der Waals surface area (Å²) in [6, 6.07) is 17.3. The summed E-state index contributed by atoms with van der Waals surface area (Å²) in [5.41, 5.74) is 6.74. The van der Waals surface area contributed by atoms with Gasteiger partial charge in [-0.1, -0.05) is 54.6 Å². The molecule has 1 aliphatic rings. The van der Waals surface area contributed by atoms with Gasteiger partial charge in [0.25, 0.3) is 0 Å². The molecule has 0 aliphatic heterocycles. The van der Waals surface area contributed by atoms with E-state index in [-0.39, 0.29) is 12.4 Å². The molecule has 1 N–H and O–H groups in total. The van der Waals surface area contributed by atoms with Crippen LogP contribution in [-0.4, -0.2) is 48.8 Å². The van der Waals surface area contributed by atoms with Gasteiger partial charge in [0.15, 0.2) is 0 Å². The van der Waals surface area contributed by atoms with E-state index < -0.39 is 6.10 Å². The molecule has 0 amide bonds. The molecule has 29 heavy (non-hydrogen) atoms. The second-order valence-corrected chi connectivity index (χ2v) is 7.65. The SMILES string of the molecule is CCOC(=O)CC(O)CN(C)CCC=C1c2ccccc2CCc2ccccc21. The fourth-order valence-electron chi connectivity index (χ4n) is 3.99. The van der Waals surface area contributed by atoms with E-state index in [0.29, 0.717) is 13.2 Å². The van der Waals surface area contributed by atoms with Gasteiger partial charge >= 0.3 is 5.97 Å². The Morgan fingerprint density at radius 1 is 1.10 bits per heavy atom. The highest BCUT2D eigenvalue weighted by Gasteiger charge is 2.17. The number of likely N-dealkylation sites (N-methyl/N-ethyl adjacent to an activating group) is 1. The minimum atomic E-state index is -0.703. The molecule has 1 aliphatic carbocycles. The van der Waals surface area contributed by atoms with Gasteiger partial charge in [0.1, 0.15) is 0 Å². The lowest BCUT2D eigenvalue weighted by molar-refractivity contribution is -0.145. The van der Waals surface area contributed by atoms with Gasteiger partial charge in [0, 0.05) is 13.1 Å². The molecule has 2 aromatic carbocycles. The van der Waals surface area contributed by atoms with E-state index in [1.54, 1.807) is 6.92 Å². The molecule has 3 rings (SSSR count). The number of nitrogens with zero attached hydrogens (tertiary/aromatic N) is 1. The van der Waals surface area contributed by atoms with Crippen LogP contribution in [-0.2, 0) is 22.4 Å². The van der Waals surface area contributed by atoms with Crippen LogP contribution in [0.15, 0.2) is 54.6 Å². The van der Waals surface area contributed by atoms with Crippen molar-refractivity contribution in [3.05, 3.63) is 76.9 Å². The maximum absolute atomic E-state index is 11.5. The van der Waals surface area contributed by atoms with Gasteiger partial charge in [-0.2, -0.15) is 0 Å². The predicted octanol–water partition coefficient (Wildman–Crippen LogP) is 3.85. The Hall–Kier alpha value is -2.43. The zero-order valence-electron chi connectivity index (χ0n) is 17.4. The minimum absolute atomic E-state index is 0.0417. The van der Waals surface area contributed by atoms with Crippen molar-refractivity contribution in [3.8, 4) is 0 Å². The van der Waals surface area contributed by atoms with Crippen LogP contribution in [0, 0.1) is 0 Å². The molecule has 0 radical (unpaired) electrons. The number of carbonyl (C=O) groups excluding carboxylic acids is 1. The molecular weight excluding hydrogens is 362 g/mol. The van der Waals surface area contributed by atoms with Crippen LogP contribution in [0.2, 0.25) is 0 Å². The number of benzene rings is 2. The molecule has 154 valence electrons. The molecule has 0 saturated heterocycles. The number of hydrogen-bond donors (Lipinski definition) is 1. The van der Waals surface area contributed by atoms with Gasteiger partial charge in [0.05, 0.1) is 19.1 Å². The van der Waals surface area contributed by atoms with Crippen LogP contribution >= 0.6 is 0 Å². The zero-order chi connectivity index (χ0) is 20.6. The Bertz CT molecular complexity index is 809. The summed E-state index contributed by atoms with van der Waals surface area (Å²) >= 11 is 0. The van der Waals surface area contributed by atoms with Crippen LogP contribution in [0.1, 0.15) is 42.0 Å². The van der Waals surface area contributed by atoms with E-state index >= 15 is 0 Å². The first-order chi connectivity index (χ1) is 14.1. The van der Waals surface area contributed by atoms with Crippen LogP contribution in [0.5, 0.6) is 0 Å². The van der Waals surface area contributed by atoms with E-state index in [9.17, 15) is 9.90 Å². The topological polar surface area (TPSA) is 49.8 Å². The van der Waals surface area contributed by atoms with Crippen LogP contribution in [0.25, 0.3) is 5.57 Å². The first-order valence-electron chi connectivity index (χ1n) is 10.5. The summed E-state index contributed by atoms with van der Waals surface area (Å²) in [6.45, 7) is 3.38. The molecule has 2 aromatic rings. The summed E-state index contributed by atoms with van der Waals surface area (Å²) in [4.78, 5) is 13.6. The molecule has 4 heteroatoms. The molecule has 0 fully saturated rings. The van der Waals surface area contributed by atoms with E-state index in [2.05, 4.69) is 59.5 Å². The van der Waals surface area contributed by atoms with Crippen molar-refractivity contribution in [2.45, 2.75) is 38.7 Å². The van der Waals surface area contributed by atoms with Crippen molar-refractivity contribution < 1.29 is 14.6 Å². The summed E-state index contributed by atoms with van der Waals surface area (Å²) < 4.78 is 4.91. The second-order valence-electron chi connectivity index (χ2n) is 7.65. The quantitative estimate of drug-likeness (QED) is 0.692. The number of aliphatic hydroxyl groups excluding tert-OH is 1. The van der Waals surface area contributed by atoms with E-state index in [0.717, 1.165) is 25.8 Å². The molecule has 0 aromatic heterocycles. The van der Waals surface area contributed by atoms with E-state index in [1.165, 1.54) is 27.8 Å². The van der Waals surface area contributed by atoms with Crippen molar-refractivity contribution >= 4 is 11.5 Å². The normalized spacial score (nSPS) is 14.0. The number of ether oxygens (including phenoxy) is 1. The van der Waals surface area contributed by atoms with E-state index in [1.807, 2.05) is 7.05 Å².